The Balaban J connectivity index is 1.86. The van der Waals surface area contributed by atoms with Gasteiger partial charge >= 0.3 is 11.9 Å². The third-order valence-electron chi connectivity index (χ3n) is 4.04. The van der Waals surface area contributed by atoms with Crippen molar-refractivity contribution in [3.05, 3.63) is 71.3 Å². The van der Waals surface area contributed by atoms with E-state index in [2.05, 4.69) is 5.32 Å². The lowest BCUT2D eigenvalue weighted by atomic mass is 10.1. The van der Waals surface area contributed by atoms with Gasteiger partial charge in [-0.2, -0.15) is 0 Å². The van der Waals surface area contributed by atoms with E-state index in [1.54, 1.807) is 36.4 Å². The van der Waals surface area contributed by atoms with Crippen molar-refractivity contribution >= 4 is 17.8 Å². The number of hydrogen-bond acceptors (Lipinski definition) is 5. The molecule has 6 heteroatoms. The first-order valence-corrected chi connectivity index (χ1v) is 8.34. The third-order valence-corrected chi connectivity index (χ3v) is 4.04. The lowest BCUT2D eigenvalue weighted by Gasteiger charge is -2.18. The fraction of sp³-hybridized carbons (Fsp3) is 0.250. The molecule has 0 radical (unpaired) electrons. The molecule has 1 amide bonds. The highest BCUT2D eigenvalue weighted by atomic mass is 16.5. The van der Waals surface area contributed by atoms with E-state index in [0.29, 0.717) is 5.56 Å². The van der Waals surface area contributed by atoms with Gasteiger partial charge in [-0.3, -0.25) is 4.79 Å². The minimum Gasteiger partial charge on any atom is -0.465 e. The summed E-state index contributed by atoms with van der Waals surface area (Å²) in [5, 5.41) is 2.85. The SMILES string of the molecule is COC(=O)c1ccccc1C(=O)OC(C(=O)NC1CC1)c1ccccc1. The highest BCUT2D eigenvalue weighted by Crippen LogP contribution is 2.24. The van der Waals surface area contributed by atoms with Crippen molar-refractivity contribution in [3.63, 3.8) is 0 Å². The number of hydrogen-bond donors (Lipinski definition) is 1. The van der Waals surface area contributed by atoms with Gasteiger partial charge in [0.1, 0.15) is 0 Å². The Hall–Kier alpha value is -3.15. The lowest BCUT2D eigenvalue weighted by Crippen LogP contribution is -2.33. The molecule has 134 valence electrons. The second-order valence-corrected chi connectivity index (χ2v) is 6.02. The van der Waals surface area contributed by atoms with Gasteiger partial charge in [-0.15, -0.1) is 0 Å². The summed E-state index contributed by atoms with van der Waals surface area (Å²) in [7, 11) is 1.24. The zero-order valence-corrected chi connectivity index (χ0v) is 14.3. The van der Waals surface area contributed by atoms with Crippen LogP contribution in [0.2, 0.25) is 0 Å². The molecule has 0 aromatic heterocycles. The first kappa shape index (κ1) is 17.7. The molecular weight excluding hydrogens is 334 g/mol. The fourth-order valence-electron chi connectivity index (χ4n) is 2.52. The van der Waals surface area contributed by atoms with Crippen molar-refractivity contribution in [2.75, 3.05) is 7.11 Å². The number of ether oxygens (including phenoxy) is 2. The Morgan fingerprint density at radius 1 is 0.923 bits per heavy atom. The third kappa shape index (κ3) is 4.08. The van der Waals surface area contributed by atoms with Crippen LogP contribution in [0.15, 0.2) is 54.6 Å². The van der Waals surface area contributed by atoms with E-state index in [-0.39, 0.29) is 23.1 Å². The van der Waals surface area contributed by atoms with E-state index < -0.39 is 18.0 Å². The number of carbonyl (C=O) groups is 3. The summed E-state index contributed by atoms with van der Waals surface area (Å²) in [5.74, 6) is -1.77. The van der Waals surface area contributed by atoms with Crippen molar-refractivity contribution in [2.24, 2.45) is 0 Å². The molecule has 1 aliphatic carbocycles. The topological polar surface area (TPSA) is 81.7 Å². The minimum atomic E-state index is -1.09. The van der Waals surface area contributed by atoms with Gasteiger partial charge in [0.15, 0.2) is 0 Å². The van der Waals surface area contributed by atoms with Crippen LogP contribution in [0.4, 0.5) is 0 Å². The van der Waals surface area contributed by atoms with Crippen LogP contribution in [0.25, 0.3) is 0 Å². The highest BCUT2D eigenvalue weighted by Gasteiger charge is 2.31. The average Bonchev–Trinajstić information content (AvgIpc) is 3.49. The average molecular weight is 353 g/mol. The molecule has 2 aromatic carbocycles. The van der Waals surface area contributed by atoms with E-state index in [1.165, 1.54) is 19.2 Å². The normalized spacial score (nSPS) is 14.2. The highest BCUT2D eigenvalue weighted by molar-refractivity contribution is 6.03. The Bertz CT molecular complexity index is 814. The molecule has 0 bridgehead atoms. The number of rotatable bonds is 6. The van der Waals surface area contributed by atoms with Crippen LogP contribution in [0.5, 0.6) is 0 Å². The van der Waals surface area contributed by atoms with Crippen LogP contribution in [0.1, 0.15) is 45.2 Å². The van der Waals surface area contributed by atoms with E-state index in [0.717, 1.165) is 12.8 Å². The summed E-state index contributed by atoms with van der Waals surface area (Å²) in [4.78, 5) is 37.1. The molecule has 6 nitrogen and oxygen atoms in total. The number of carbonyl (C=O) groups excluding carboxylic acids is 3. The quantitative estimate of drug-likeness (QED) is 0.808. The summed E-state index contributed by atoms with van der Waals surface area (Å²) < 4.78 is 10.2. The first-order valence-electron chi connectivity index (χ1n) is 8.34. The summed E-state index contributed by atoms with van der Waals surface area (Å²) in [6, 6.07) is 15.1. The van der Waals surface area contributed by atoms with Crippen molar-refractivity contribution in [1.29, 1.82) is 0 Å². The maximum Gasteiger partial charge on any atom is 0.340 e. The second-order valence-electron chi connectivity index (χ2n) is 6.02. The van der Waals surface area contributed by atoms with Crippen molar-refractivity contribution in [3.8, 4) is 0 Å². The molecule has 26 heavy (non-hydrogen) atoms. The largest absolute Gasteiger partial charge is 0.465 e. The number of nitrogens with one attached hydrogen (secondary N) is 1. The zero-order chi connectivity index (χ0) is 18.5. The van der Waals surface area contributed by atoms with Crippen LogP contribution < -0.4 is 5.32 Å². The van der Waals surface area contributed by atoms with Gasteiger partial charge in [0.05, 0.1) is 18.2 Å². The standard InChI is InChI=1S/C20H19NO5/c1-25-19(23)15-9-5-6-10-16(15)20(24)26-17(13-7-3-2-4-8-13)18(22)21-14-11-12-14/h2-10,14,17H,11-12H2,1H3,(H,21,22). The van der Waals surface area contributed by atoms with Crippen molar-refractivity contribution < 1.29 is 23.9 Å². The summed E-state index contributed by atoms with van der Waals surface area (Å²) in [6.07, 6.45) is 0.758. The Morgan fingerprint density at radius 2 is 1.50 bits per heavy atom. The molecule has 1 N–H and O–H groups in total. The van der Waals surface area contributed by atoms with Crippen LogP contribution >= 0.6 is 0 Å². The van der Waals surface area contributed by atoms with Gasteiger partial charge in [0.2, 0.25) is 6.10 Å². The van der Waals surface area contributed by atoms with Crippen molar-refractivity contribution in [1.82, 2.24) is 5.32 Å². The first-order chi connectivity index (χ1) is 12.6. The van der Waals surface area contributed by atoms with Gasteiger partial charge in [0, 0.05) is 11.6 Å². The summed E-state index contributed by atoms with van der Waals surface area (Å²) >= 11 is 0. The molecule has 0 aliphatic heterocycles. The molecule has 1 unspecified atom stereocenters. The van der Waals surface area contributed by atoms with E-state index in [4.69, 9.17) is 9.47 Å². The molecule has 0 spiro atoms. The number of benzene rings is 2. The molecule has 1 fully saturated rings. The molecule has 2 aromatic rings. The van der Waals surface area contributed by atoms with Crippen LogP contribution in [0.3, 0.4) is 0 Å². The summed E-state index contributed by atoms with van der Waals surface area (Å²) in [6.45, 7) is 0. The molecule has 1 aliphatic rings. The smallest absolute Gasteiger partial charge is 0.340 e. The fourth-order valence-corrected chi connectivity index (χ4v) is 2.52. The van der Waals surface area contributed by atoms with Crippen LogP contribution in [-0.4, -0.2) is 31.0 Å². The van der Waals surface area contributed by atoms with Crippen LogP contribution in [0, 0.1) is 0 Å². The number of esters is 2. The predicted octanol–water partition coefficient (Wildman–Crippen LogP) is 2.65. The molecule has 0 heterocycles. The van der Waals surface area contributed by atoms with E-state index in [9.17, 15) is 14.4 Å². The zero-order valence-electron chi connectivity index (χ0n) is 14.3. The Labute approximate surface area is 151 Å². The maximum atomic E-state index is 12.7. The molecular formula is C20H19NO5. The molecule has 0 saturated heterocycles. The molecule has 1 saturated carbocycles. The Kier molecular flexibility index (Phi) is 5.31. The van der Waals surface area contributed by atoms with Crippen molar-refractivity contribution in [2.45, 2.75) is 25.0 Å². The van der Waals surface area contributed by atoms with Gasteiger partial charge in [-0.25, -0.2) is 9.59 Å². The number of amides is 1. The lowest BCUT2D eigenvalue weighted by molar-refractivity contribution is -0.130. The monoisotopic (exact) mass is 353 g/mol. The van der Waals surface area contributed by atoms with E-state index in [1.807, 2.05) is 6.07 Å². The second kappa shape index (κ2) is 7.82. The minimum absolute atomic E-state index is 0.0551. The number of methoxy groups -OCH3 is 1. The summed E-state index contributed by atoms with van der Waals surface area (Å²) in [5.41, 5.74) is 0.712. The van der Waals surface area contributed by atoms with Gasteiger partial charge < -0.3 is 14.8 Å². The predicted molar refractivity (Wildman–Crippen MR) is 93.5 cm³/mol. The van der Waals surface area contributed by atoms with Gasteiger partial charge in [0.25, 0.3) is 5.91 Å². The van der Waals surface area contributed by atoms with Gasteiger partial charge in [-0.1, -0.05) is 42.5 Å². The Morgan fingerprint density at radius 3 is 2.08 bits per heavy atom. The van der Waals surface area contributed by atoms with E-state index >= 15 is 0 Å². The maximum absolute atomic E-state index is 12.7. The van der Waals surface area contributed by atoms with Gasteiger partial charge in [-0.05, 0) is 25.0 Å². The van der Waals surface area contributed by atoms with Crippen LogP contribution in [-0.2, 0) is 14.3 Å². The molecule has 1 atom stereocenters. The molecule has 3 rings (SSSR count).